The molecule has 1 heterocycles. The molecular weight excluding hydrogens is 252 g/mol. The summed E-state index contributed by atoms with van der Waals surface area (Å²) >= 11 is 0. The van der Waals surface area contributed by atoms with Crippen LogP contribution < -0.4 is 5.32 Å². The van der Waals surface area contributed by atoms with Gasteiger partial charge in [-0.1, -0.05) is 36.3 Å². The first kappa shape index (κ1) is 14.4. The maximum Gasteiger partial charge on any atom is 0.318 e. The van der Waals surface area contributed by atoms with Crippen molar-refractivity contribution in [2.75, 3.05) is 26.2 Å². The number of hydrogen-bond donors (Lipinski definition) is 1. The molecule has 1 aromatic carbocycles. The fraction of sp³-hybridized carbons (Fsp3) is 0.438. The highest BCUT2D eigenvalue weighted by atomic mass is 16.5. The van der Waals surface area contributed by atoms with Crippen LogP contribution in [0.15, 0.2) is 30.3 Å². The average molecular weight is 272 g/mol. The van der Waals surface area contributed by atoms with E-state index in [1.807, 2.05) is 18.2 Å². The molecule has 1 aliphatic heterocycles. The van der Waals surface area contributed by atoms with Gasteiger partial charge in [-0.25, -0.2) is 4.79 Å². The second-order valence-corrected chi connectivity index (χ2v) is 4.83. The van der Waals surface area contributed by atoms with Crippen molar-refractivity contribution in [3.63, 3.8) is 0 Å². The average Bonchev–Trinajstić information content (AvgIpc) is 2.52. The number of terminal acetylenes is 1. The first-order valence-electron chi connectivity index (χ1n) is 6.91. The number of nitrogens with one attached hydrogen (secondary N) is 1. The number of ether oxygens (including phenoxy) is 1. The van der Waals surface area contributed by atoms with E-state index >= 15 is 0 Å². The Balaban J connectivity index is 1.78. The van der Waals surface area contributed by atoms with Crippen LogP contribution in [0.4, 0.5) is 4.79 Å². The van der Waals surface area contributed by atoms with Crippen molar-refractivity contribution in [1.29, 1.82) is 0 Å². The fourth-order valence-corrected chi connectivity index (χ4v) is 2.29. The number of benzene rings is 1. The molecule has 0 unspecified atom stereocenters. The van der Waals surface area contributed by atoms with E-state index in [-0.39, 0.29) is 18.7 Å². The number of carbonyl (C=O) groups excluding carboxylic acids is 1. The van der Waals surface area contributed by atoms with Crippen LogP contribution in [0.3, 0.4) is 0 Å². The molecule has 1 fully saturated rings. The molecule has 20 heavy (non-hydrogen) atoms. The molecule has 1 aliphatic rings. The lowest BCUT2D eigenvalue weighted by molar-refractivity contribution is -0.0174. The van der Waals surface area contributed by atoms with Gasteiger partial charge in [0.05, 0.1) is 19.3 Å². The van der Waals surface area contributed by atoms with Crippen LogP contribution in [-0.4, -0.2) is 43.3 Å². The molecule has 1 N–H and O–H groups in total. The Kier molecular flexibility index (Phi) is 5.45. The maximum absolute atomic E-state index is 11.8. The predicted molar refractivity (Wildman–Crippen MR) is 78.3 cm³/mol. The van der Waals surface area contributed by atoms with Crippen molar-refractivity contribution in [2.24, 2.45) is 0 Å². The van der Waals surface area contributed by atoms with Crippen LogP contribution in [0.25, 0.3) is 0 Å². The Morgan fingerprint density at radius 1 is 1.45 bits per heavy atom. The lowest BCUT2D eigenvalue weighted by atomic mass is 10.1. The van der Waals surface area contributed by atoms with Crippen LogP contribution in [0.5, 0.6) is 0 Å². The summed E-state index contributed by atoms with van der Waals surface area (Å²) in [7, 11) is 0. The van der Waals surface area contributed by atoms with E-state index in [2.05, 4.69) is 23.4 Å². The van der Waals surface area contributed by atoms with Gasteiger partial charge in [0.2, 0.25) is 0 Å². The highest BCUT2D eigenvalue weighted by Gasteiger charge is 2.23. The predicted octanol–water partition coefficient (Wildman–Crippen LogP) is 1.66. The molecule has 1 saturated heterocycles. The number of morpholine rings is 1. The summed E-state index contributed by atoms with van der Waals surface area (Å²) in [6.45, 7) is 2.11. The normalized spacial score (nSPS) is 18.4. The van der Waals surface area contributed by atoms with Gasteiger partial charge in [-0.2, -0.15) is 0 Å². The third-order valence-corrected chi connectivity index (χ3v) is 3.37. The summed E-state index contributed by atoms with van der Waals surface area (Å²) in [6, 6.07) is 10.2. The Morgan fingerprint density at radius 3 is 3.00 bits per heavy atom. The van der Waals surface area contributed by atoms with Crippen LogP contribution >= 0.6 is 0 Å². The molecule has 106 valence electrons. The van der Waals surface area contributed by atoms with E-state index in [0.29, 0.717) is 19.7 Å². The minimum absolute atomic E-state index is 0.0977. The highest BCUT2D eigenvalue weighted by molar-refractivity contribution is 5.74. The molecule has 1 atom stereocenters. The van der Waals surface area contributed by atoms with E-state index in [4.69, 9.17) is 11.2 Å². The summed E-state index contributed by atoms with van der Waals surface area (Å²) in [5.41, 5.74) is 1.30. The van der Waals surface area contributed by atoms with Crippen molar-refractivity contribution in [3.05, 3.63) is 35.9 Å². The molecule has 0 spiro atoms. The molecule has 1 aromatic rings. The zero-order valence-electron chi connectivity index (χ0n) is 11.5. The number of carbonyl (C=O) groups is 1. The lowest BCUT2D eigenvalue weighted by Crippen LogP contribution is -2.49. The van der Waals surface area contributed by atoms with E-state index in [9.17, 15) is 4.79 Å². The lowest BCUT2D eigenvalue weighted by Gasteiger charge is -2.32. The monoisotopic (exact) mass is 272 g/mol. The first-order chi connectivity index (χ1) is 9.79. The van der Waals surface area contributed by atoms with Crippen molar-refractivity contribution in [1.82, 2.24) is 10.2 Å². The van der Waals surface area contributed by atoms with Crippen LogP contribution in [0.1, 0.15) is 12.0 Å². The molecular formula is C16H20N2O2. The van der Waals surface area contributed by atoms with Crippen LogP contribution in [-0.2, 0) is 11.2 Å². The van der Waals surface area contributed by atoms with E-state index < -0.39 is 0 Å². The minimum Gasteiger partial charge on any atom is -0.375 e. The summed E-state index contributed by atoms with van der Waals surface area (Å²) in [4.78, 5) is 13.6. The van der Waals surface area contributed by atoms with Gasteiger partial charge in [-0.15, -0.1) is 6.42 Å². The van der Waals surface area contributed by atoms with Gasteiger partial charge < -0.3 is 15.0 Å². The second kappa shape index (κ2) is 7.56. The minimum atomic E-state index is -0.101. The largest absolute Gasteiger partial charge is 0.375 e. The number of aryl methyl sites for hydroxylation is 1. The fourth-order valence-electron chi connectivity index (χ4n) is 2.29. The SMILES string of the molecule is C#CCNC(=O)N1CCO[C@@H](CCc2ccccc2)C1. The first-order valence-corrected chi connectivity index (χ1v) is 6.91. The van der Waals surface area contributed by atoms with Crippen molar-refractivity contribution >= 4 is 6.03 Å². The van der Waals surface area contributed by atoms with Gasteiger partial charge >= 0.3 is 6.03 Å². The topological polar surface area (TPSA) is 41.6 Å². The molecule has 0 aliphatic carbocycles. The Hall–Kier alpha value is -1.99. The Morgan fingerprint density at radius 2 is 2.25 bits per heavy atom. The van der Waals surface area contributed by atoms with E-state index in [1.54, 1.807) is 4.90 Å². The molecule has 4 nitrogen and oxygen atoms in total. The van der Waals surface area contributed by atoms with Gasteiger partial charge in [0.25, 0.3) is 0 Å². The number of amides is 2. The zero-order chi connectivity index (χ0) is 14.2. The Bertz CT molecular complexity index is 467. The number of rotatable bonds is 4. The van der Waals surface area contributed by atoms with Gasteiger partial charge in [0.1, 0.15) is 0 Å². The number of urea groups is 1. The van der Waals surface area contributed by atoms with E-state index in [1.165, 1.54) is 5.56 Å². The molecule has 2 amide bonds. The van der Waals surface area contributed by atoms with Gasteiger partial charge in [0, 0.05) is 13.1 Å². The Labute approximate surface area is 120 Å². The molecule has 0 radical (unpaired) electrons. The molecule has 4 heteroatoms. The zero-order valence-corrected chi connectivity index (χ0v) is 11.5. The summed E-state index contributed by atoms with van der Waals surface area (Å²) in [5.74, 6) is 2.41. The third-order valence-electron chi connectivity index (χ3n) is 3.37. The summed E-state index contributed by atoms with van der Waals surface area (Å²) in [6.07, 6.45) is 7.12. The number of nitrogens with zero attached hydrogens (tertiary/aromatic N) is 1. The quantitative estimate of drug-likeness (QED) is 0.847. The highest BCUT2D eigenvalue weighted by Crippen LogP contribution is 2.12. The van der Waals surface area contributed by atoms with Crippen molar-refractivity contribution < 1.29 is 9.53 Å². The van der Waals surface area contributed by atoms with Crippen LogP contribution in [0.2, 0.25) is 0 Å². The number of hydrogen-bond acceptors (Lipinski definition) is 2. The molecule has 0 bridgehead atoms. The summed E-state index contributed by atoms with van der Waals surface area (Å²) < 4.78 is 5.72. The van der Waals surface area contributed by atoms with E-state index in [0.717, 1.165) is 12.8 Å². The third kappa shape index (κ3) is 4.29. The van der Waals surface area contributed by atoms with Gasteiger partial charge in [-0.3, -0.25) is 0 Å². The molecule has 0 aromatic heterocycles. The van der Waals surface area contributed by atoms with Gasteiger partial charge in [0.15, 0.2) is 0 Å². The molecule has 0 saturated carbocycles. The maximum atomic E-state index is 11.8. The van der Waals surface area contributed by atoms with Crippen molar-refractivity contribution in [2.45, 2.75) is 18.9 Å². The smallest absolute Gasteiger partial charge is 0.318 e. The van der Waals surface area contributed by atoms with Crippen molar-refractivity contribution in [3.8, 4) is 12.3 Å². The standard InChI is InChI=1S/C16H20N2O2/c1-2-10-17-16(19)18-11-12-20-15(13-18)9-8-14-6-4-3-5-7-14/h1,3-7,15H,8-13H2,(H,17,19)/t15-/m0/s1. The summed E-state index contributed by atoms with van der Waals surface area (Å²) in [5, 5.41) is 2.69. The second-order valence-electron chi connectivity index (χ2n) is 4.83. The van der Waals surface area contributed by atoms with Crippen LogP contribution in [0, 0.1) is 12.3 Å². The molecule has 2 rings (SSSR count). The van der Waals surface area contributed by atoms with Gasteiger partial charge in [-0.05, 0) is 18.4 Å².